The Morgan fingerprint density at radius 1 is 1.30 bits per heavy atom. The fourth-order valence-corrected chi connectivity index (χ4v) is 2.12. The van der Waals surface area contributed by atoms with Gasteiger partial charge in [0, 0.05) is 6.54 Å². The van der Waals surface area contributed by atoms with E-state index in [1.807, 2.05) is 19.1 Å². The number of nitrogens with one attached hydrogen (secondary N) is 2. The summed E-state index contributed by atoms with van der Waals surface area (Å²) in [6, 6.07) is 5.57. The molecule has 0 aromatic heterocycles. The Hall–Kier alpha value is -1.59. The minimum Gasteiger partial charge on any atom is -0.352 e. The Kier molecular flexibility index (Phi) is 7.04. The topological polar surface area (TPSA) is 70.4 Å². The highest BCUT2D eigenvalue weighted by Gasteiger charge is 2.10. The molecule has 20 heavy (non-hydrogen) atoms. The van der Waals surface area contributed by atoms with Gasteiger partial charge < -0.3 is 15.6 Å². The molecule has 0 atom stereocenters. The van der Waals surface area contributed by atoms with Crippen LogP contribution in [0.5, 0.6) is 0 Å². The zero-order valence-corrected chi connectivity index (χ0v) is 12.7. The molecule has 0 saturated carbocycles. The highest BCUT2D eigenvalue weighted by atomic mass is 16.1. The number of hydrazine groups is 1. The van der Waals surface area contributed by atoms with Gasteiger partial charge in [-0.15, -0.1) is 0 Å². The van der Waals surface area contributed by atoms with E-state index >= 15 is 0 Å². The summed E-state index contributed by atoms with van der Waals surface area (Å²) >= 11 is 0. The van der Waals surface area contributed by atoms with Crippen LogP contribution in [-0.2, 0) is 0 Å². The maximum absolute atomic E-state index is 12.1. The van der Waals surface area contributed by atoms with Crippen LogP contribution in [-0.4, -0.2) is 37.0 Å². The van der Waals surface area contributed by atoms with Crippen molar-refractivity contribution >= 4 is 11.6 Å². The van der Waals surface area contributed by atoms with Gasteiger partial charge in [0.1, 0.15) is 0 Å². The number of hydrogen-bond acceptors (Lipinski definition) is 4. The molecule has 0 bridgehead atoms. The van der Waals surface area contributed by atoms with Crippen molar-refractivity contribution in [2.75, 3.05) is 31.6 Å². The van der Waals surface area contributed by atoms with Gasteiger partial charge in [-0.3, -0.25) is 10.6 Å². The number of nitrogens with zero attached hydrogens (tertiary/aromatic N) is 1. The normalized spacial score (nSPS) is 10.7. The van der Waals surface area contributed by atoms with Gasteiger partial charge in [0.15, 0.2) is 0 Å². The van der Waals surface area contributed by atoms with E-state index in [0.717, 1.165) is 31.6 Å². The van der Waals surface area contributed by atoms with Crippen LogP contribution >= 0.6 is 0 Å². The predicted molar refractivity (Wildman–Crippen MR) is 83.7 cm³/mol. The van der Waals surface area contributed by atoms with Crippen molar-refractivity contribution < 1.29 is 4.79 Å². The van der Waals surface area contributed by atoms with E-state index in [1.54, 1.807) is 6.07 Å². The van der Waals surface area contributed by atoms with Crippen LogP contribution in [0.2, 0.25) is 0 Å². The molecule has 4 N–H and O–H groups in total. The average molecular weight is 278 g/mol. The van der Waals surface area contributed by atoms with Gasteiger partial charge in [-0.1, -0.05) is 19.9 Å². The molecule has 1 aromatic carbocycles. The van der Waals surface area contributed by atoms with Crippen molar-refractivity contribution in [3.63, 3.8) is 0 Å². The van der Waals surface area contributed by atoms with E-state index in [2.05, 4.69) is 29.5 Å². The number of benzene rings is 1. The minimum absolute atomic E-state index is 0.0857. The lowest BCUT2D eigenvalue weighted by atomic mass is 10.1. The monoisotopic (exact) mass is 278 g/mol. The van der Waals surface area contributed by atoms with E-state index in [0.29, 0.717) is 17.8 Å². The molecule has 1 rings (SSSR count). The van der Waals surface area contributed by atoms with Crippen molar-refractivity contribution in [2.24, 2.45) is 5.84 Å². The number of rotatable bonds is 8. The van der Waals surface area contributed by atoms with E-state index in [-0.39, 0.29) is 5.91 Å². The maximum Gasteiger partial charge on any atom is 0.253 e. The quantitative estimate of drug-likeness (QED) is 0.385. The van der Waals surface area contributed by atoms with Gasteiger partial charge in [-0.2, -0.15) is 0 Å². The third-order valence-electron chi connectivity index (χ3n) is 3.41. The predicted octanol–water partition coefficient (Wildman–Crippen LogP) is 1.74. The van der Waals surface area contributed by atoms with Gasteiger partial charge in [0.05, 0.1) is 11.3 Å². The molecule has 1 amide bonds. The van der Waals surface area contributed by atoms with Crippen molar-refractivity contribution in [1.29, 1.82) is 0 Å². The van der Waals surface area contributed by atoms with E-state index < -0.39 is 0 Å². The lowest BCUT2D eigenvalue weighted by molar-refractivity contribution is 0.0952. The van der Waals surface area contributed by atoms with Gasteiger partial charge in [-0.05, 0) is 50.7 Å². The highest BCUT2D eigenvalue weighted by Crippen LogP contribution is 2.16. The first kappa shape index (κ1) is 16.5. The van der Waals surface area contributed by atoms with Gasteiger partial charge in [-0.25, -0.2) is 0 Å². The lowest BCUT2D eigenvalue weighted by Crippen LogP contribution is -2.30. The zero-order valence-electron chi connectivity index (χ0n) is 12.7. The van der Waals surface area contributed by atoms with Crippen LogP contribution in [0.1, 0.15) is 36.2 Å². The van der Waals surface area contributed by atoms with Gasteiger partial charge >= 0.3 is 0 Å². The summed E-state index contributed by atoms with van der Waals surface area (Å²) in [5.74, 6) is 5.37. The molecule has 0 aliphatic heterocycles. The first-order valence-corrected chi connectivity index (χ1v) is 7.20. The number of amides is 1. The molecule has 0 unspecified atom stereocenters. The Labute approximate surface area is 121 Å². The molecule has 5 nitrogen and oxygen atoms in total. The smallest absolute Gasteiger partial charge is 0.253 e. The summed E-state index contributed by atoms with van der Waals surface area (Å²) in [5, 5.41) is 2.94. The summed E-state index contributed by atoms with van der Waals surface area (Å²) < 4.78 is 0. The van der Waals surface area contributed by atoms with E-state index in [9.17, 15) is 4.79 Å². The molecule has 112 valence electrons. The second kappa shape index (κ2) is 8.55. The van der Waals surface area contributed by atoms with Crippen LogP contribution in [0.4, 0.5) is 5.69 Å². The standard InChI is InChI=1S/C15H26N4O/c1-4-19(5-2)10-6-9-17-15(20)13-8-7-12(3)11-14(13)18-16/h7-8,11,18H,4-6,9-10,16H2,1-3H3,(H,17,20). The van der Waals surface area contributed by atoms with E-state index in [1.165, 1.54) is 0 Å². The molecule has 0 fully saturated rings. The molecule has 1 aromatic rings. The first-order valence-electron chi connectivity index (χ1n) is 7.20. The molecule has 5 heteroatoms. The largest absolute Gasteiger partial charge is 0.352 e. The number of nitrogens with two attached hydrogens (primary N) is 1. The zero-order chi connectivity index (χ0) is 15.0. The molecule has 0 aliphatic rings. The van der Waals surface area contributed by atoms with Crippen molar-refractivity contribution in [2.45, 2.75) is 27.2 Å². The molecular formula is C15H26N4O. The van der Waals surface area contributed by atoms with Crippen molar-refractivity contribution in [1.82, 2.24) is 10.2 Å². The molecular weight excluding hydrogens is 252 g/mol. The van der Waals surface area contributed by atoms with Crippen LogP contribution in [0, 0.1) is 6.92 Å². The van der Waals surface area contributed by atoms with Gasteiger partial charge in [0.2, 0.25) is 0 Å². The Morgan fingerprint density at radius 2 is 2.00 bits per heavy atom. The van der Waals surface area contributed by atoms with E-state index in [4.69, 9.17) is 5.84 Å². The number of aryl methyl sites for hydroxylation is 1. The summed E-state index contributed by atoms with van der Waals surface area (Å²) in [6.45, 7) is 10.0. The van der Waals surface area contributed by atoms with Crippen LogP contribution < -0.4 is 16.6 Å². The average Bonchev–Trinajstić information content (AvgIpc) is 2.47. The number of anilines is 1. The number of carbonyl (C=O) groups excluding carboxylic acids is 1. The molecule has 0 saturated heterocycles. The Bertz CT molecular complexity index is 430. The molecule has 0 radical (unpaired) electrons. The maximum atomic E-state index is 12.1. The second-order valence-corrected chi connectivity index (χ2v) is 4.83. The van der Waals surface area contributed by atoms with Crippen LogP contribution in [0.15, 0.2) is 18.2 Å². The SMILES string of the molecule is CCN(CC)CCCNC(=O)c1ccc(C)cc1NN. The van der Waals surface area contributed by atoms with Crippen molar-refractivity contribution in [3.05, 3.63) is 29.3 Å². The Morgan fingerprint density at radius 3 is 2.60 bits per heavy atom. The number of hydrogen-bond donors (Lipinski definition) is 3. The lowest BCUT2D eigenvalue weighted by Gasteiger charge is -2.17. The summed E-state index contributed by atoms with van der Waals surface area (Å²) in [4.78, 5) is 14.4. The third-order valence-corrected chi connectivity index (χ3v) is 3.41. The fraction of sp³-hybridized carbons (Fsp3) is 0.533. The number of carbonyl (C=O) groups is 1. The summed E-state index contributed by atoms with van der Waals surface area (Å²) in [7, 11) is 0. The van der Waals surface area contributed by atoms with Crippen LogP contribution in [0.25, 0.3) is 0 Å². The van der Waals surface area contributed by atoms with Gasteiger partial charge in [0.25, 0.3) is 5.91 Å². The molecule has 0 spiro atoms. The Balaban J connectivity index is 2.47. The summed E-state index contributed by atoms with van der Waals surface area (Å²) in [6.07, 6.45) is 0.949. The fourth-order valence-electron chi connectivity index (χ4n) is 2.12. The molecule has 0 heterocycles. The highest BCUT2D eigenvalue weighted by molar-refractivity contribution is 5.99. The third kappa shape index (κ3) is 4.83. The summed E-state index contributed by atoms with van der Waals surface area (Å²) in [5.41, 5.74) is 4.88. The molecule has 0 aliphatic carbocycles. The van der Waals surface area contributed by atoms with Crippen LogP contribution in [0.3, 0.4) is 0 Å². The second-order valence-electron chi connectivity index (χ2n) is 4.83. The first-order chi connectivity index (χ1) is 9.62. The minimum atomic E-state index is -0.0857. The van der Waals surface area contributed by atoms with Crippen molar-refractivity contribution in [3.8, 4) is 0 Å². The number of nitrogen functional groups attached to an aromatic ring is 1.